The molecule has 3 aromatic rings. The number of hydrogen-bond donors (Lipinski definition) is 1. The first-order chi connectivity index (χ1) is 17.3. The summed E-state index contributed by atoms with van der Waals surface area (Å²) in [6.07, 6.45) is 0.606. The Kier molecular flexibility index (Phi) is 10.8. The van der Waals surface area contributed by atoms with Crippen molar-refractivity contribution in [2.75, 3.05) is 26.1 Å². The number of thiophene rings is 1. The van der Waals surface area contributed by atoms with Gasteiger partial charge in [-0.15, -0.1) is 11.3 Å². The van der Waals surface area contributed by atoms with E-state index in [4.69, 9.17) is 14.2 Å². The topological polar surface area (TPSA) is 82.6 Å². The van der Waals surface area contributed by atoms with Gasteiger partial charge in [0.15, 0.2) is 11.5 Å². The molecule has 0 aliphatic heterocycles. The number of esters is 1. The fraction of sp³-hybridized carbons (Fsp3) is 0.536. The number of rotatable bonds is 10. The van der Waals surface area contributed by atoms with Gasteiger partial charge in [0.25, 0.3) is 0 Å². The number of benzene rings is 1. The van der Waals surface area contributed by atoms with E-state index in [0.717, 1.165) is 21.2 Å². The van der Waals surface area contributed by atoms with Gasteiger partial charge < -0.3 is 19.5 Å². The van der Waals surface area contributed by atoms with Crippen LogP contribution in [0.3, 0.4) is 0 Å². The van der Waals surface area contributed by atoms with Gasteiger partial charge in [0.1, 0.15) is 11.6 Å². The van der Waals surface area contributed by atoms with Crippen molar-refractivity contribution in [1.82, 2.24) is 9.97 Å². The Bertz CT molecular complexity index is 1210. The maximum atomic E-state index is 12.2. The molecule has 0 radical (unpaired) electrons. The van der Waals surface area contributed by atoms with E-state index in [1.165, 1.54) is 12.0 Å². The molecule has 2 aromatic heterocycles. The Morgan fingerprint density at radius 3 is 2.35 bits per heavy atom. The molecule has 1 N–H and O–H groups in total. The SMILES string of the molecule is CC.COC(=O)C(C)(C)CC(C)(C)COc1cc2nc(C)nc(NC(C)c3cc(Br)cs3)c2cc1OC. The number of fused-ring (bicyclic) bond motifs is 1. The highest BCUT2D eigenvalue weighted by molar-refractivity contribution is 9.10. The number of aromatic nitrogens is 2. The number of anilines is 1. The van der Waals surface area contributed by atoms with Gasteiger partial charge in [-0.05, 0) is 67.6 Å². The summed E-state index contributed by atoms with van der Waals surface area (Å²) in [7, 11) is 3.04. The van der Waals surface area contributed by atoms with E-state index < -0.39 is 5.41 Å². The number of nitrogens with one attached hydrogen (secondary N) is 1. The Labute approximate surface area is 233 Å². The Morgan fingerprint density at radius 1 is 1.11 bits per heavy atom. The number of hydrogen-bond acceptors (Lipinski definition) is 8. The normalized spacial score (nSPS) is 12.4. The first-order valence-corrected chi connectivity index (χ1v) is 14.1. The van der Waals surface area contributed by atoms with Crippen LogP contribution in [0.4, 0.5) is 5.82 Å². The summed E-state index contributed by atoms with van der Waals surface area (Å²) in [6, 6.07) is 5.98. The standard InChI is InChI=1S/C26H34BrN3O4S.C2H6/c1-15(22-9-17(27)12-35-22)28-23-18-10-20(32-7)21(11-19(18)29-16(2)30-23)34-14-25(3,4)13-26(5,6)24(31)33-8;1-2/h9-12,15H,13-14H2,1-8H3,(H,28,29,30);1-2H3. The van der Waals surface area contributed by atoms with Gasteiger partial charge in [-0.25, -0.2) is 9.97 Å². The highest BCUT2D eigenvalue weighted by Gasteiger charge is 2.36. The summed E-state index contributed by atoms with van der Waals surface area (Å²) in [4.78, 5) is 22.7. The molecule has 7 nitrogen and oxygen atoms in total. The number of ether oxygens (including phenoxy) is 3. The lowest BCUT2D eigenvalue weighted by molar-refractivity contribution is -0.152. The van der Waals surface area contributed by atoms with Crippen LogP contribution < -0.4 is 14.8 Å². The minimum absolute atomic E-state index is 0.0738. The molecule has 0 bridgehead atoms. The second kappa shape index (κ2) is 12.9. The Morgan fingerprint density at radius 2 is 1.78 bits per heavy atom. The number of carbonyl (C=O) groups is 1. The first-order valence-electron chi connectivity index (χ1n) is 12.4. The predicted molar refractivity (Wildman–Crippen MR) is 156 cm³/mol. The third-order valence-electron chi connectivity index (χ3n) is 5.74. The molecule has 0 fully saturated rings. The minimum Gasteiger partial charge on any atom is -0.493 e. The van der Waals surface area contributed by atoms with Crippen molar-refractivity contribution in [3.63, 3.8) is 0 Å². The van der Waals surface area contributed by atoms with Crippen molar-refractivity contribution in [2.45, 2.75) is 67.9 Å². The van der Waals surface area contributed by atoms with Crippen molar-refractivity contribution in [1.29, 1.82) is 0 Å². The van der Waals surface area contributed by atoms with Gasteiger partial charge in [-0.1, -0.05) is 27.7 Å². The van der Waals surface area contributed by atoms with Crippen LogP contribution in [0.2, 0.25) is 0 Å². The molecule has 0 aliphatic rings. The van der Waals surface area contributed by atoms with Crippen LogP contribution >= 0.6 is 27.3 Å². The van der Waals surface area contributed by atoms with Gasteiger partial charge in [0.2, 0.25) is 0 Å². The van der Waals surface area contributed by atoms with Gasteiger partial charge in [0.05, 0.1) is 37.8 Å². The van der Waals surface area contributed by atoms with Crippen LogP contribution in [0.5, 0.6) is 11.5 Å². The fourth-order valence-corrected chi connectivity index (χ4v) is 5.79. The summed E-state index contributed by atoms with van der Waals surface area (Å²) < 4.78 is 17.9. The zero-order valence-electron chi connectivity index (χ0n) is 23.6. The summed E-state index contributed by atoms with van der Waals surface area (Å²) >= 11 is 5.21. The van der Waals surface area contributed by atoms with E-state index in [1.807, 2.05) is 46.8 Å². The molecule has 1 aromatic carbocycles. The van der Waals surface area contributed by atoms with E-state index in [-0.39, 0.29) is 17.4 Å². The first kappa shape index (κ1) is 30.8. The van der Waals surface area contributed by atoms with Gasteiger partial charge in [-0.3, -0.25) is 4.79 Å². The number of nitrogens with zero attached hydrogens (tertiary/aromatic N) is 2. The van der Waals surface area contributed by atoms with Crippen molar-refractivity contribution >= 4 is 50.0 Å². The lowest BCUT2D eigenvalue weighted by Crippen LogP contribution is -2.34. The van der Waals surface area contributed by atoms with Gasteiger partial charge in [-0.2, -0.15) is 0 Å². The van der Waals surface area contributed by atoms with Crippen LogP contribution in [0.15, 0.2) is 28.1 Å². The lowest BCUT2D eigenvalue weighted by Gasteiger charge is -2.33. The Balaban J connectivity index is 0.00000235. The highest BCUT2D eigenvalue weighted by atomic mass is 79.9. The van der Waals surface area contributed by atoms with Gasteiger partial charge >= 0.3 is 5.97 Å². The number of halogens is 1. The van der Waals surface area contributed by atoms with E-state index in [2.05, 4.69) is 63.4 Å². The maximum Gasteiger partial charge on any atom is 0.311 e. The van der Waals surface area contributed by atoms with Crippen molar-refractivity contribution in [3.8, 4) is 11.5 Å². The number of aryl methyl sites for hydroxylation is 1. The van der Waals surface area contributed by atoms with E-state index in [1.54, 1.807) is 18.4 Å². The molecular formula is C28H40BrN3O4S. The molecule has 0 spiro atoms. The molecule has 9 heteroatoms. The van der Waals surface area contributed by atoms with Crippen LogP contribution in [0, 0.1) is 17.8 Å². The predicted octanol–water partition coefficient (Wildman–Crippen LogP) is 7.96. The van der Waals surface area contributed by atoms with E-state index in [0.29, 0.717) is 30.4 Å². The third kappa shape index (κ3) is 8.04. The zero-order chi connectivity index (χ0) is 28.0. The third-order valence-corrected chi connectivity index (χ3v) is 7.61. The van der Waals surface area contributed by atoms with Crippen LogP contribution in [-0.2, 0) is 9.53 Å². The molecule has 0 saturated carbocycles. The van der Waals surface area contributed by atoms with Crippen molar-refractivity contribution in [2.24, 2.45) is 10.8 Å². The molecule has 3 rings (SSSR count). The van der Waals surface area contributed by atoms with E-state index in [9.17, 15) is 4.79 Å². The number of carbonyl (C=O) groups excluding carboxylic acids is 1. The quantitative estimate of drug-likeness (QED) is 0.239. The van der Waals surface area contributed by atoms with Crippen LogP contribution in [0.25, 0.3) is 10.9 Å². The zero-order valence-corrected chi connectivity index (χ0v) is 26.0. The molecule has 0 saturated heterocycles. The summed E-state index contributed by atoms with van der Waals surface area (Å²) in [5.74, 6) is 2.38. The van der Waals surface area contributed by atoms with Crippen LogP contribution in [0.1, 0.15) is 71.6 Å². The van der Waals surface area contributed by atoms with E-state index >= 15 is 0 Å². The van der Waals surface area contributed by atoms with Crippen molar-refractivity contribution < 1.29 is 19.0 Å². The molecular weight excluding hydrogens is 554 g/mol. The average molecular weight is 595 g/mol. The molecule has 0 amide bonds. The smallest absolute Gasteiger partial charge is 0.311 e. The second-order valence-corrected chi connectivity index (χ2v) is 12.0. The van der Waals surface area contributed by atoms with Gasteiger partial charge in [0, 0.05) is 26.2 Å². The molecule has 0 aliphatic carbocycles. The molecule has 37 heavy (non-hydrogen) atoms. The fourth-order valence-electron chi connectivity index (χ4n) is 4.34. The monoisotopic (exact) mass is 593 g/mol. The highest BCUT2D eigenvalue weighted by Crippen LogP contribution is 2.39. The summed E-state index contributed by atoms with van der Waals surface area (Å²) in [6.45, 7) is 16.3. The average Bonchev–Trinajstić information content (AvgIpc) is 3.28. The molecule has 204 valence electrons. The summed E-state index contributed by atoms with van der Waals surface area (Å²) in [5, 5.41) is 6.44. The molecule has 1 atom stereocenters. The van der Waals surface area contributed by atoms with Crippen LogP contribution in [-0.4, -0.2) is 36.8 Å². The maximum absolute atomic E-state index is 12.2. The molecule has 1 unspecified atom stereocenters. The largest absolute Gasteiger partial charge is 0.493 e. The number of methoxy groups -OCH3 is 2. The lowest BCUT2D eigenvalue weighted by atomic mass is 9.75. The Hall–Kier alpha value is -2.39. The molecule has 2 heterocycles. The second-order valence-electron chi connectivity index (χ2n) is 10.2. The van der Waals surface area contributed by atoms with Crippen molar-refractivity contribution in [3.05, 3.63) is 38.8 Å². The summed E-state index contributed by atoms with van der Waals surface area (Å²) in [5.41, 5.74) is -0.131. The minimum atomic E-state index is -0.616.